The van der Waals surface area contributed by atoms with E-state index < -0.39 is 0 Å². The summed E-state index contributed by atoms with van der Waals surface area (Å²) >= 11 is 6.22. The molecule has 6 heteroatoms. The highest BCUT2D eigenvalue weighted by atomic mass is 35.5. The Labute approximate surface area is 220 Å². The van der Waals surface area contributed by atoms with Crippen molar-refractivity contribution >= 4 is 17.3 Å². The maximum Gasteiger partial charge on any atom is 0.161 e. The Hall–Kier alpha value is -2.73. The first kappa shape index (κ1) is 26.3. The third kappa shape index (κ3) is 7.39. The average Bonchev–Trinajstić information content (AvgIpc) is 3.33. The standard InChI is InChI=1S/C30H37ClN2O3/c1-34-15-6-16-36-30-18-24(9-14-29(30)35-2)21-33(28-12-10-27(31)11-13-28)22-26-20-32-19-25(26)17-23-7-4-3-5-8-23/h3-5,7-14,18,25-26,32H,6,15-17,19-22H2,1-2H3/t25-,26-/m0/s1. The predicted octanol–water partition coefficient (Wildman–Crippen LogP) is 5.85. The zero-order chi connectivity index (χ0) is 25.2. The molecular formula is C30H37ClN2O3. The highest BCUT2D eigenvalue weighted by Gasteiger charge is 2.29. The van der Waals surface area contributed by atoms with Gasteiger partial charge in [0.25, 0.3) is 0 Å². The van der Waals surface area contributed by atoms with Gasteiger partial charge in [0.1, 0.15) is 0 Å². The molecule has 0 radical (unpaired) electrons. The molecule has 3 aromatic rings. The van der Waals surface area contributed by atoms with Crippen LogP contribution in [0.25, 0.3) is 0 Å². The summed E-state index contributed by atoms with van der Waals surface area (Å²) < 4.78 is 16.7. The molecule has 1 aliphatic heterocycles. The summed E-state index contributed by atoms with van der Waals surface area (Å²) in [6.45, 7) is 5.07. The van der Waals surface area contributed by atoms with Crippen LogP contribution in [0.3, 0.4) is 0 Å². The maximum absolute atomic E-state index is 6.22. The lowest BCUT2D eigenvalue weighted by Crippen LogP contribution is -2.33. The van der Waals surface area contributed by atoms with E-state index in [0.717, 1.165) is 55.5 Å². The maximum atomic E-state index is 6.22. The Morgan fingerprint density at radius 3 is 2.39 bits per heavy atom. The number of hydrogen-bond donors (Lipinski definition) is 1. The highest BCUT2D eigenvalue weighted by molar-refractivity contribution is 6.30. The third-order valence-corrected chi connectivity index (χ3v) is 7.07. The van der Waals surface area contributed by atoms with Crippen LogP contribution in [0.2, 0.25) is 5.02 Å². The lowest BCUT2D eigenvalue weighted by molar-refractivity contribution is 0.170. The van der Waals surface area contributed by atoms with E-state index in [4.69, 9.17) is 25.8 Å². The first-order valence-corrected chi connectivity index (χ1v) is 13.1. The molecule has 1 saturated heterocycles. The number of benzene rings is 3. The van der Waals surface area contributed by atoms with Gasteiger partial charge >= 0.3 is 0 Å². The summed E-state index contributed by atoms with van der Waals surface area (Å²) in [5, 5.41) is 4.39. The number of halogens is 1. The van der Waals surface area contributed by atoms with E-state index in [1.165, 1.54) is 16.8 Å². The van der Waals surface area contributed by atoms with E-state index in [1.54, 1.807) is 14.2 Å². The second-order valence-corrected chi connectivity index (χ2v) is 9.84. The molecule has 0 saturated carbocycles. The first-order valence-electron chi connectivity index (χ1n) is 12.7. The van der Waals surface area contributed by atoms with Crippen LogP contribution in [0.1, 0.15) is 17.5 Å². The molecule has 0 amide bonds. The van der Waals surface area contributed by atoms with Crippen molar-refractivity contribution in [2.24, 2.45) is 11.8 Å². The normalized spacial score (nSPS) is 17.2. The third-order valence-electron chi connectivity index (χ3n) is 6.82. The summed E-state index contributed by atoms with van der Waals surface area (Å²) in [6.07, 6.45) is 1.92. The van der Waals surface area contributed by atoms with E-state index in [0.29, 0.717) is 25.0 Å². The topological polar surface area (TPSA) is 43.0 Å². The molecule has 5 nitrogen and oxygen atoms in total. The molecule has 1 fully saturated rings. The predicted molar refractivity (Wildman–Crippen MR) is 147 cm³/mol. The quantitative estimate of drug-likeness (QED) is 0.293. The fraction of sp³-hybridized carbons (Fsp3) is 0.400. The van der Waals surface area contributed by atoms with E-state index >= 15 is 0 Å². The van der Waals surface area contributed by atoms with Crippen molar-refractivity contribution in [3.63, 3.8) is 0 Å². The van der Waals surface area contributed by atoms with Crippen LogP contribution in [-0.4, -0.2) is 47.1 Å². The van der Waals surface area contributed by atoms with Crippen LogP contribution in [0.5, 0.6) is 11.5 Å². The molecule has 2 atom stereocenters. The number of rotatable bonds is 13. The Kier molecular flexibility index (Phi) is 9.91. The number of ether oxygens (including phenoxy) is 3. The molecule has 3 aromatic carbocycles. The van der Waals surface area contributed by atoms with Gasteiger partial charge in [-0.25, -0.2) is 0 Å². The van der Waals surface area contributed by atoms with Crippen molar-refractivity contribution in [1.82, 2.24) is 5.32 Å². The van der Waals surface area contributed by atoms with Crippen LogP contribution in [-0.2, 0) is 17.7 Å². The molecule has 192 valence electrons. The second kappa shape index (κ2) is 13.5. The lowest BCUT2D eigenvalue weighted by Gasteiger charge is -2.30. The molecule has 0 spiro atoms. The van der Waals surface area contributed by atoms with Gasteiger partial charge in [-0.2, -0.15) is 0 Å². The van der Waals surface area contributed by atoms with Crippen LogP contribution in [0.4, 0.5) is 5.69 Å². The molecule has 0 aliphatic carbocycles. The summed E-state index contributed by atoms with van der Waals surface area (Å²) in [5.41, 5.74) is 3.75. The Bertz CT molecular complexity index is 1060. The number of anilines is 1. The van der Waals surface area contributed by atoms with E-state index in [9.17, 15) is 0 Å². The van der Waals surface area contributed by atoms with Gasteiger partial charge in [-0.15, -0.1) is 0 Å². The van der Waals surface area contributed by atoms with E-state index in [2.05, 4.69) is 64.8 Å². The Balaban J connectivity index is 1.51. The first-order chi connectivity index (χ1) is 17.7. The van der Waals surface area contributed by atoms with Crippen molar-refractivity contribution < 1.29 is 14.2 Å². The zero-order valence-electron chi connectivity index (χ0n) is 21.3. The van der Waals surface area contributed by atoms with E-state index in [-0.39, 0.29) is 0 Å². The molecule has 0 aromatic heterocycles. The minimum Gasteiger partial charge on any atom is -0.493 e. The summed E-state index contributed by atoms with van der Waals surface area (Å²) in [5.74, 6) is 2.66. The number of methoxy groups -OCH3 is 2. The summed E-state index contributed by atoms with van der Waals surface area (Å²) in [6, 6.07) is 25.2. The Morgan fingerprint density at radius 2 is 1.64 bits per heavy atom. The number of nitrogens with one attached hydrogen (secondary N) is 1. The molecule has 1 N–H and O–H groups in total. The van der Waals surface area contributed by atoms with Gasteiger partial charge in [-0.05, 0) is 78.9 Å². The van der Waals surface area contributed by atoms with Crippen LogP contribution in [0.15, 0.2) is 72.8 Å². The molecule has 36 heavy (non-hydrogen) atoms. The SMILES string of the molecule is COCCCOc1cc(CN(C[C@@H]2CNC[C@@H]2Cc2ccccc2)c2ccc(Cl)cc2)ccc1OC. The van der Waals surface area contributed by atoms with Crippen LogP contribution in [0, 0.1) is 11.8 Å². The Morgan fingerprint density at radius 1 is 0.861 bits per heavy atom. The molecule has 0 bridgehead atoms. The van der Waals surface area contributed by atoms with Gasteiger partial charge in [0.05, 0.1) is 13.7 Å². The van der Waals surface area contributed by atoms with Crippen molar-refractivity contribution in [3.8, 4) is 11.5 Å². The van der Waals surface area contributed by atoms with Gasteiger partial charge in [0, 0.05) is 43.9 Å². The van der Waals surface area contributed by atoms with Gasteiger partial charge < -0.3 is 24.4 Å². The number of hydrogen-bond acceptors (Lipinski definition) is 5. The minimum absolute atomic E-state index is 0.545. The molecule has 4 rings (SSSR count). The highest BCUT2D eigenvalue weighted by Crippen LogP contribution is 2.31. The molecule has 1 heterocycles. The van der Waals surface area contributed by atoms with Crippen LogP contribution < -0.4 is 19.7 Å². The van der Waals surface area contributed by atoms with Crippen molar-refractivity contribution in [1.29, 1.82) is 0 Å². The summed E-state index contributed by atoms with van der Waals surface area (Å²) in [7, 11) is 3.38. The zero-order valence-corrected chi connectivity index (χ0v) is 22.0. The van der Waals surface area contributed by atoms with Gasteiger partial charge in [0.15, 0.2) is 11.5 Å². The molecular weight excluding hydrogens is 472 g/mol. The minimum atomic E-state index is 0.545. The van der Waals surface area contributed by atoms with Gasteiger partial charge in [0.2, 0.25) is 0 Å². The van der Waals surface area contributed by atoms with E-state index in [1.807, 2.05) is 18.2 Å². The molecule has 1 aliphatic rings. The summed E-state index contributed by atoms with van der Waals surface area (Å²) in [4.78, 5) is 2.46. The largest absolute Gasteiger partial charge is 0.493 e. The average molecular weight is 509 g/mol. The lowest BCUT2D eigenvalue weighted by atomic mass is 9.89. The monoisotopic (exact) mass is 508 g/mol. The van der Waals surface area contributed by atoms with Crippen molar-refractivity contribution in [2.75, 3.05) is 52.0 Å². The fourth-order valence-electron chi connectivity index (χ4n) is 4.89. The van der Waals surface area contributed by atoms with Crippen LogP contribution >= 0.6 is 11.6 Å². The van der Waals surface area contributed by atoms with Crippen molar-refractivity contribution in [2.45, 2.75) is 19.4 Å². The van der Waals surface area contributed by atoms with Gasteiger partial charge in [-0.3, -0.25) is 0 Å². The van der Waals surface area contributed by atoms with Gasteiger partial charge in [-0.1, -0.05) is 48.0 Å². The number of nitrogens with zero attached hydrogens (tertiary/aromatic N) is 1. The fourth-order valence-corrected chi connectivity index (χ4v) is 5.02. The van der Waals surface area contributed by atoms with Crippen molar-refractivity contribution in [3.05, 3.63) is 88.9 Å². The second-order valence-electron chi connectivity index (χ2n) is 9.41. The molecule has 0 unspecified atom stereocenters. The smallest absolute Gasteiger partial charge is 0.161 e.